The molecule has 0 aromatic carbocycles. The van der Waals surface area contributed by atoms with E-state index >= 15 is 0 Å². The molecule has 3 saturated heterocycles. The summed E-state index contributed by atoms with van der Waals surface area (Å²) in [7, 11) is 0. The van der Waals surface area contributed by atoms with Crippen LogP contribution in [0.1, 0.15) is 19.3 Å². The van der Waals surface area contributed by atoms with Gasteiger partial charge >= 0.3 is 12.1 Å². The third-order valence-electron chi connectivity index (χ3n) is 4.02. The summed E-state index contributed by atoms with van der Waals surface area (Å²) in [5.74, 6) is 2.24. The molecule has 3 rings (SSSR count). The van der Waals surface area contributed by atoms with E-state index in [-0.39, 0.29) is 11.6 Å². The van der Waals surface area contributed by atoms with E-state index in [4.69, 9.17) is 4.74 Å². The van der Waals surface area contributed by atoms with Crippen LogP contribution in [0.4, 0.5) is 9.59 Å². The Kier molecular flexibility index (Phi) is 2.69. The zero-order valence-corrected chi connectivity index (χ0v) is 10.5. The number of carbonyl (C=O) groups excluding carboxylic acids is 2. The van der Waals surface area contributed by atoms with Crippen LogP contribution in [0.15, 0.2) is 0 Å². The fourth-order valence-electron chi connectivity index (χ4n) is 2.82. The zero-order chi connectivity index (χ0) is 11.9. The summed E-state index contributed by atoms with van der Waals surface area (Å²) in [6, 6.07) is -0.148. The lowest BCUT2D eigenvalue weighted by Crippen LogP contribution is -2.66. The Morgan fingerprint density at radius 3 is 2.53 bits per heavy atom. The fourth-order valence-corrected chi connectivity index (χ4v) is 4.08. The third-order valence-corrected chi connectivity index (χ3v) is 5.01. The highest BCUT2D eigenvalue weighted by atomic mass is 32.2. The predicted molar refractivity (Wildman–Crippen MR) is 64.1 cm³/mol. The summed E-state index contributed by atoms with van der Waals surface area (Å²) in [6.07, 6.45) is 2.73. The quantitative estimate of drug-likeness (QED) is 0.659. The Labute approximate surface area is 104 Å². The van der Waals surface area contributed by atoms with Crippen molar-refractivity contribution in [3.8, 4) is 0 Å². The van der Waals surface area contributed by atoms with Crippen LogP contribution in [0.25, 0.3) is 0 Å². The van der Waals surface area contributed by atoms with E-state index in [0.29, 0.717) is 13.2 Å². The Bertz CT molecular complexity index is 355. The second-order valence-electron chi connectivity index (χ2n) is 4.79. The first-order chi connectivity index (χ1) is 8.23. The normalized spacial score (nSPS) is 26.9. The molecule has 3 fully saturated rings. The van der Waals surface area contributed by atoms with Gasteiger partial charge in [0.2, 0.25) is 0 Å². The van der Waals surface area contributed by atoms with Crippen LogP contribution >= 0.6 is 11.8 Å². The molecule has 0 aromatic heterocycles. The topological polar surface area (TPSA) is 49.9 Å². The lowest BCUT2D eigenvalue weighted by molar-refractivity contribution is 0.00652. The summed E-state index contributed by atoms with van der Waals surface area (Å²) < 4.78 is 4.82. The highest BCUT2D eigenvalue weighted by Gasteiger charge is 2.50. The SMILES string of the molecule is O=C1OCCN1C(=O)N1CCC12CCSCC2. The summed E-state index contributed by atoms with van der Waals surface area (Å²) in [6.45, 7) is 1.52. The first-order valence-electron chi connectivity index (χ1n) is 6.07. The minimum atomic E-state index is -0.484. The van der Waals surface area contributed by atoms with E-state index in [9.17, 15) is 9.59 Å². The van der Waals surface area contributed by atoms with E-state index < -0.39 is 6.09 Å². The molecular weight excluding hydrogens is 240 g/mol. The van der Waals surface area contributed by atoms with Crippen molar-refractivity contribution >= 4 is 23.9 Å². The lowest BCUT2D eigenvalue weighted by Gasteiger charge is -2.55. The molecule has 94 valence electrons. The molecule has 0 N–H and O–H groups in total. The van der Waals surface area contributed by atoms with E-state index in [1.807, 2.05) is 16.7 Å². The number of hydrogen-bond donors (Lipinski definition) is 0. The molecule has 3 aliphatic rings. The maximum Gasteiger partial charge on any atom is 0.418 e. The molecule has 17 heavy (non-hydrogen) atoms. The molecule has 3 heterocycles. The number of rotatable bonds is 0. The van der Waals surface area contributed by atoms with Gasteiger partial charge < -0.3 is 9.64 Å². The van der Waals surface area contributed by atoms with Crippen molar-refractivity contribution in [3.63, 3.8) is 0 Å². The number of urea groups is 1. The summed E-state index contributed by atoms with van der Waals surface area (Å²) >= 11 is 1.95. The molecule has 0 saturated carbocycles. The number of imide groups is 1. The number of amides is 3. The van der Waals surface area contributed by atoms with Crippen LogP contribution in [-0.2, 0) is 4.74 Å². The Hall–Kier alpha value is -0.910. The highest BCUT2D eigenvalue weighted by Crippen LogP contribution is 2.42. The third kappa shape index (κ3) is 1.69. The number of cyclic esters (lactones) is 1. The van der Waals surface area contributed by atoms with Crippen LogP contribution < -0.4 is 0 Å². The molecule has 3 aliphatic heterocycles. The maximum atomic E-state index is 12.3. The van der Waals surface area contributed by atoms with Crippen molar-refractivity contribution in [3.05, 3.63) is 0 Å². The summed E-state index contributed by atoms with van der Waals surface area (Å²) in [5.41, 5.74) is 0.0468. The molecule has 6 heteroatoms. The van der Waals surface area contributed by atoms with Gasteiger partial charge in [-0.25, -0.2) is 14.5 Å². The summed E-state index contributed by atoms with van der Waals surface area (Å²) in [5, 5.41) is 0. The number of thioether (sulfide) groups is 1. The average Bonchev–Trinajstić information content (AvgIpc) is 2.75. The number of hydrogen-bond acceptors (Lipinski definition) is 4. The molecule has 0 radical (unpaired) electrons. The van der Waals surface area contributed by atoms with E-state index in [1.165, 1.54) is 4.90 Å². The molecule has 0 aliphatic carbocycles. The van der Waals surface area contributed by atoms with Crippen molar-refractivity contribution in [1.82, 2.24) is 9.80 Å². The minimum Gasteiger partial charge on any atom is -0.447 e. The first-order valence-corrected chi connectivity index (χ1v) is 7.22. The summed E-state index contributed by atoms with van der Waals surface area (Å²) in [4.78, 5) is 26.8. The fraction of sp³-hybridized carbons (Fsp3) is 0.818. The standard InChI is InChI=1S/C11H16N2O3S/c14-9(12-5-6-16-10(12)15)13-4-1-11(13)2-7-17-8-3-11/h1-8H2. The highest BCUT2D eigenvalue weighted by molar-refractivity contribution is 7.99. The Morgan fingerprint density at radius 2 is 2.00 bits per heavy atom. The minimum absolute atomic E-state index is 0.0468. The predicted octanol–water partition coefficient (Wildman–Crippen LogP) is 1.53. The Morgan fingerprint density at radius 1 is 1.24 bits per heavy atom. The van der Waals surface area contributed by atoms with Gasteiger partial charge in [-0.2, -0.15) is 11.8 Å². The van der Waals surface area contributed by atoms with Crippen LogP contribution in [0.2, 0.25) is 0 Å². The van der Waals surface area contributed by atoms with Gasteiger partial charge in [-0.15, -0.1) is 0 Å². The van der Waals surface area contributed by atoms with Gasteiger partial charge in [0.1, 0.15) is 6.61 Å². The number of carbonyl (C=O) groups is 2. The van der Waals surface area contributed by atoms with Crippen molar-refractivity contribution in [1.29, 1.82) is 0 Å². The molecule has 0 bridgehead atoms. The monoisotopic (exact) mass is 256 g/mol. The largest absolute Gasteiger partial charge is 0.447 e. The molecule has 5 nitrogen and oxygen atoms in total. The molecule has 0 atom stereocenters. The van der Waals surface area contributed by atoms with Gasteiger partial charge in [0.15, 0.2) is 0 Å². The molecular formula is C11H16N2O3S. The average molecular weight is 256 g/mol. The zero-order valence-electron chi connectivity index (χ0n) is 9.68. The van der Waals surface area contributed by atoms with Gasteiger partial charge in [-0.1, -0.05) is 0 Å². The van der Waals surface area contributed by atoms with Crippen LogP contribution in [-0.4, -0.2) is 58.7 Å². The van der Waals surface area contributed by atoms with Crippen LogP contribution in [0.5, 0.6) is 0 Å². The molecule has 1 spiro atoms. The number of nitrogens with zero attached hydrogens (tertiary/aromatic N) is 2. The van der Waals surface area contributed by atoms with Crippen LogP contribution in [0.3, 0.4) is 0 Å². The second-order valence-corrected chi connectivity index (χ2v) is 6.01. The molecule has 3 amide bonds. The Balaban J connectivity index is 1.71. The smallest absolute Gasteiger partial charge is 0.418 e. The number of likely N-dealkylation sites (tertiary alicyclic amines) is 1. The second kappa shape index (κ2) is 4.08. The number of ether oxygens (including phenoxy) is 1. The van der Waals surface area contributed by atoms with E-state index in [0.717, 1.165) is 37.3 Å². The van der Waals surface area contributed by atoms with Crippen molar-refractivity contribution in [2.24, 2.45) is 0 Å². The van der Waals surface area contributed by atoms with Gasteiger partial charge in [0, 0.05) is 12.1 Å². The maximum absolute atomic E-state index is 12.3. The van der Waals surface area contributed by atoms with Gasteiger partial charge in [0.05, 0.1) is 6.54 Å². The van der Waals surface area contributed by atoms with E-state index in [2.05, 4.69) is 0 Å². The lowest BCUT2D eigenvalue weighted by atomic mass is 9.79. The van der Waals surface area contributed by atoms with Crippen molar-refractivity contribution in [2.75, 3.05) is 31.2 Å². The van der Waals surface area contributed by atoms with Gasteiger partial charge in [0.25, 0.3) is 0 Å². The van der Waals surface area contributed by atoms with Crippen LogP contribution in [0, 0.1) is 0 Å². The first kappa shape index (κ1) is 11.2. The molecule has 0 unspecified atom stereocenters. The van der Waals surface area contributed by atoms with Gasteiger partial charge in [-0.05, 0) is 30.8 Å². The van der Waals surface area contributed by atoms with Crippen molar-refractivity contribution < 1.29 is 14.3 Å². The van der Waals surface area contributed by atoms with E-state index in [1.54, 1.807) is 0 Å². The molecule has 0 aromatic rings. The van der Waals surface area contributed by atoms with Gasteiger partial charge in [-0.3, -0.25) is 0 Å². The van der Waals surface area contributed by atoms with Crippen molar-refractivity contribution in [2.45, 2.75) is 24.8 Å².